The maximum Gasteiger partial charge on any atom is 0.329 e. The second-order valence-electron chi connectivity index (χ2n) is 3.91. The quantitative estimate of drug-likeness (QED) is 0.760. The predicted molar refractivity (Wildman–Crippen MR) is 82.6 cm³/mol. The van der Waals surface area contributed by atoms with Crippen LogP contribution in [0, 0.1) is 0 Å². The van der Waals surface area contributed by atoms with Gasteiger partial charge in [-0.1, -0.05) is 12.8 Å². The van der Waals surface area contributed by atoms with E-state index < -0.39 is 12.0 Å². The van der Waals surface area contributed by atoms with Gasteiger partial charge in [-0.15, -0.1) is 23.1 Å². The molecule has 8 heteroatoms. The highest BCUT2D eigenvalue weighted by Gasteiger charge is 2.26. The van der Waals surface area contributed by atoms with Gasteiger partial charge in [0.05, 0.1) is 10.2 Å². The molecule has 0 radical (unpaired) electrons. The molecule has 0 saturated heterocycles. The average molecular weight is 311 g/mol. The van der Waals surface area contributed by atoms with Crippen molar-refractivity contribution in [3.63, 3.8) is 0 Å². The Morgan fingerprint density at radius 2 is 2.37 bits per heavy atom. The molecule has 2 N–H and O–H groups in total. The minimum atomic E-state index is -0.884. The molecule has 19 heavy (non-hydrogen) atoms. The number of carboxylic acids is 1. The molecule has 3 rings (SSSR count). The van der Waals surface area contributed by atoms with Crippen molar-refractivity contribution in [1.82, 2.24) is 4.98 Å². The third kappa shape index (κ3) is 2.43. The van der Waals surface area contributed by atoms with Gasteiger partial charge in [0.2, 0.25) is 0 Å². The lowest BCUT2D eigenvalue weighted by Gasteiger charge is -1.95. The average Bonchev–Trinajstić information content (AvgIpc) is 3.04. The Kier molecular flexibility index (Phi) is 3.38. The van der Waals surface area contributed by atoms with Crippen LogP contribution in [0.1, 0.15) is 5.01 Å². The van der Waals surface area contributed by atoms with Gasteiger partial charge in [-0.2, -0.15) is 0 Å². The van der Waals surface area contributed by atoms with Crippen LogP contribution in [0.15, 0.2) is 23.2 Å². The number of aliphatic imine (C=N–C) groups is 1. The van der Waals surface area contributed by atoms with E-state index in [2.05, 4.69) is 27.5 Å². The second kappa shape index (κ2) is 5.03. The highest BCUT2D eigenvalue weighted by molar-refractivity contribution is 8.15. The lowest BCUT2D eigenvalue weighted by atomic mass is 10.3. The number of carbonyl (C=O) groups is 1. The van der Waals surface area contributed by atoms with Crippen LogP contribution in [0.25, 0.3) is 10.2 Å². The Morgan fingerprint density at radius 1 is 1.53 bits per heavy atom. The number of benzene rings is 1. The first-order valence-corrected chi connectivity index (χ1v) is 7.67. The molecule has 0 saturated carbocycles. The highest BCUT2D eigenvalue weighted by atomic mass is 32.2. The zero-order valence-corrected chi connectivity index (χ0v) is 12.1. The number of nitrogens with one attached hydrogen (secondary N) is 1. The summed E-state index contributed by atoms with van der Waals surface area (Å²) < 4.78 is 3.80. The van der Waals surface area contributed by atoms with Crippen molar-refractivity contribution in [2.45, 2.75) is 6.04 Å². The van der Waals surface area contributed by atoms with Gasteiger partial charge in [0, 0.05) is 11.4 Å². The number of thioether (sulfide) groups is 1. The zero-order valence-electron chi connectivity index (χ0n) is 9.53. The van der Waals surface area contributed by atoms with E-state index in [4.69, 9.17) is 5.11 Å². The van der Waals surface area contributed by atoms with Crippen LogP contribution < -0.4 is 4.72 Å². The molecule has 2 aromatic rings. The Labute approximate surface area is 122 Å². The Hall–Kier alpha value is -1.25. The van der Waals surface area contributed by atoms with Crippen LogP contribution in [0.4, 0.5) is 5.69 Å². The summed E-state index contributed by atoms with van der Waals surface area (Å²) in [5, 5.41) is 10.4. The summed E-state index contributed by atoms with van der Waals surface area (Å²) in [7, 11) is 0. The van der Waals surface area contributed by atoms with Gasteiger partial charge in [-0.25, -0.2) is 9.78 Å². The molecule has 0 aliphatic carbocycles. The van der Waals surface area contributed by atoms with E-state index in [1.165, 1.54) is 23.1 Å². The van der Waals surface area contributed by atoms with Crippen LogP contribution in [0.2, 0.25) is 0 Å². The lowest BCUT2D eigenvalue weighted by Crippen LogP contribution is -2.17. The number of thiazole rings is 1. The monoisotopic (exact) mass is 311 g/mol. The number of anilines is 1. The van der Waals surface area contributed by atoms with Crippen LogP contribution in [-0.2, 0) is 4.79 Å². The summed E-state index contributed by atoms with van der Waals surface area (Å²) in [5.74, 6) is -0.408. The van der Waals surface area contributed by atoms with Crippen LogP contribution in [0.3, 0.4) is 0 Å². The Bertz CT molecular complexity index is 683. The standard InChI is InChI=1S/C11H9N3O2S3/c15-11(16)7-4-18-9(13-7)10-12-6-2-1-5(14-17)3-8(6)19-10/h1-3,7,14,17H,4H2,(H,15,16)/t7-/m1/s1. The molecule has 0 fully saturated rings. The molecule has 0 spiro atoms. The first kappa shape index (κ1) is 12.8. The largest absolute Gasteiger partial charge is 0.480 e. The molecule has 2 heterocycles. The van der Waals surface area contributed by atoms with E-state index in [1.807, 2.05) is 18.2 Å². The number of rotatable bonds is 3. The van der Waals surface area contributed by atoms with Crippen LogP contribution in [0.5, 0.6) is 0 Å². The SMILES string of the molecule is O=C(O)[C@H]1CSC(c2nc3ccc(NS)cc3s2)=N1. The van der Waals surface area contributed by atoms with Crippen molar-refractivity contribution >= 4 is 62.8 Å². The highest BCUT2D eigenvalue weighted by Crippen LogP contribution is 2.31. The molecule has 1 atom stereocenters. The smallest absolute Gasteiger partial charge is 0.329 e. The van der Waals surface area contributed by atoms with Gasteiger partial charge in [0.1, 0.15) is 10.1 Å². The topological polar surface area (TPSA) is 74.6 Å². The summed E-state index contributed by atoms with van der Waals surface area (Å²) in [4.78, 5) is 19.6. The van der Waals surface area contributed by atoms with Gasteiger partial charge in [0.15, 0.2) is 6.04 Å². The molecule has 5 nitrogen and oxygen atoms in total. The van der Waals surface area contributed by atoms with Crippen molar-refractivity contribution in [1.29, 1.82) is 0 Å². The molecular weight excluding hydrogens is 302 g/mol. The van der Waals surface area contributed by atoms with Crippen molar-refractivity contribution in [2.24, 2.45) is 4.99 Å². The fourth-order valence-corrected chi connectivity index (χ4v) is 3.94. The van der Waals surface area contributed by atoms with E-state index in [1.54, 1.807) is 0 Å². The maximum atomic E-state index is 10.9. The molecule has 1 aliphatic heterocycles. The molecule has 1 aliphatic rings. The van der Waals surface area contributed by atoms with Gasteiger partial charge in [0.25, 0.3) is 0 Å². The third-order valence-corrected chi connectivity index (χ3v) is 5.10. The molecule has 1 aromatic heterocycles. The summed E-state index contributed by atoms with van der Waals surface area (Å²) in [6.07, 6.45) is 0. The fraction of sp³-hybridized carbons (Fsp3) is 0.182. The molecule has 98 valence electrons. The zero-order chi connectivity index (χ0) is 13.4. The van der Waals surface area contributed by atoms with Crippen LogP contribution in [-0.4, -0.2) is 32.9 Å². The van der Waals surface area contributed by atoms with Crippen molar-refractivity contribution in [3.05, 3.63) is 23.2 Å². The molecular formula is C11H9N3O2S3. The number of hydrogen-bond donors (Lipinski definition) is 3. The first-order chi connectivity index (χ1) is 9.17. The van der Waals surface area contributed by atoms with Crippen molar-refractivity contribution in [2.75, 3.05) is 10.5 Å². The van der Waals surface area contributed by atoms with Crippen molar-refractivity contribution < 1.29 is 9.90 Å². The lowest BCUT2D eigenvalue weighted by molar-refractivity contribution is -0.137. The van der Waals surface area contributed by atoms with E-state index in [0.29, 0.717) is 10.8 Å². The number of carboxylic acid groups (broad SMARTS) is 1. The summed E-state index contributed by atoms with van der Waals surface area (Å²) in [6, 6.07) is 5.10. The number of fused-ring (bicyclic) bond motifs is 1. The number of aliphatic carboxylic acids is 1. The second-order valence-corrected chi connectivity index (χ2v) is 6.18. The number of aromatic nitrogens is 1. The van der Waals surface area contributed by atoms with E-state index >= 15 is 0 Å². The number of hydrogen-bond acceptors (Lipinski definition) is 7. The normalized spacial score (nSPS) is 18.6. The van der Waals surface area contributed by atoms with Crippen LogP contribution >= 0.6 is 35.9 Å². The first-order valence-electron chi connectivity index (χ1n) is 5.42. The maximum absolute atomic E-state index is 10.9. The van der Waals surface area contributed by atoms with Gasteiger partial charge >= 0.3 is 5.97 Å². The van der Waals surface area contributed by atoms with E-state index in [0.717, 1.165) is 20.9 Å². The molecule has 1 aromatic carbocycles. The molecule has 0 unspecified atom stereocenters. The minimum absolute atomic E-state index is 0.476. The number of nitrogens with zero attached hydrogens (tertiary/aromatic N) is 2. The third-order valence-electron chi connectivity index (χ3n) is 2.64. The Balaban J connectivity index is 1.98. The molecule has 0 amide bonds. The summed E-state index contributed by atoms with van der Waals surface area (Å²) in [5.41, 5.74) is 1.78. The van der Waals surface area contributed by atoms with E-state index in [-0.39, 0.29) is 0 Å². The van der Waals surface area contributed by atoms with Gasteiger partial charge in [-0.3, -0.25) is 4.99 Å². The molecule has 0 bridgehead atoms. The summed E-state index contributed by atoms with van der Waals surface area (Å²) in [6.45, 7) is 0. The fourth-order valence-electron chi connectivity index (χ4n) is 1.70. The van der Waals surface area contributed by atoms with Crippen molar-refractivity contribution in [3.8, 4) is 0 Å². The summed E-state index contributed by atoms with van der Waals surface area (Å²) >= 11 is 6.96. The van der Waals surface area contributed by atoms with Gasteiger partial charge in [-0.05, 0) is 18.2 Å². The van der Waals surface area contributed by atoms with Gasteiger partial charge < -0.3 is 9.83 Å². The number of thiol groups is 1. The van der Waals surface area contributed by atoms with E-state index in [9.17, 15) is 4.79 Å². The minimum Gasteiger partial charge on any atom is -0.480 e. The predicted octanol–water partition coefficient (Wildman–Crippen LogP) is 2.50. The Morgan fingerprint density at radius 3 is 3.05 bits per heavy atom.